The van der Waals surface area contributed by atoms with Crippen molar-refractivity contribution in [3.8, 4) is 11.1 Å². The molecule has 0 bridgehead atoms. The maximum absolute atomic E-state index is 14.2. The third-order valence-electron chi connectivity index (χ3n) is 8.69. The van der Waals surface area contributed by atoms with Crippen molar-refractivity contribution < 1.29 is 47.6 Å². The lowest BCUT2D eigenvalue weighted by Gasteiger charge is -2.30. The van der Waals surface area contributed by atoms with Crippen molar-refractivity contribution in [1.29, 1.82) is 0 Å². The van der Waals surface area contributed by atoms with Gasteiger partial charge in [-0.2, -0.15) is 0 Å². The molecular formula is C38H52F3NO7. The van der Waals surface area contributed by atoms with E-state index < -0.39 is 53.6 Å². The number of amides is 1. The Morgan fingerprint density at radius 3 is 2.06 bits per heavy atom. The molecule has 0 saturated heterocycles. The van der Waals surface area contributed by atoms with Crippen molar-refractivity contribution in [2.45, 2.75) is 114 Å². The van der Waals surface area contributed by atoms with E-state index >= 15 is 0 Å². The standard InChI is InChI=1S/C38H52F3NO7/c1-3-4-5-9-14-23-37(40,41)24-15-10-7-6-8-11-17-31(38(48,36(46)47)25-26-49-2)34(43)42-33(35(44)45)27-28-19-21-29(22-20-28)30-16-12-13-18-32(30)39/h11-13,16-22,31,33,48H,3-10,14-15,23-27H2,1-2H3,(H,42,43)(H,44,45)(H,46,47)/t31-,33+,38+/m1/s1. The Balaban J connectivity index is 2.03. The SMILES string of the molecule is CCCCCCCC(F)(F)CCCCCCC=C[C@H](C(=O)N[C@@H](Cc1ccc(-c2ccccc2F)cc1)C(=O)O)[C@@](O)(CCOC)C(=O)O. The number of carbonyl (C=O) groups excluding carboxylic acids is 1. The summed E-state index contributed by atoms with van der Waals surface area (Å²) in [7, 11) is 1.31. The van der Waals surface area contributed by atoms with Gasteiger partial charge in [-0.05, 0) is 42.9 Å². The Morgan fingerprint density at radius 1 is 0.878 bits per heavy atom. The number of hydrogen-bond acceptors (Lipinski definition) is 5. The van der Waals surface area contributed by atoms with Crippen molar-refractivity contribution >= 4 is 17.8 Å². The zero-order valence-electron chi connectivity index (χ0n) is 28.6. The average molecular weight is 692 g/mol. The molecule has 0 saturated carbocycles. The number of carboxylic acids is 2. The van der Waals surface area contributed by atoms with Crippen LogP contribution in [-0.4, -0.2) is 64.4 Å². The number of hydrogen-bond donors (Lipinski definition) is 4. The molecule has 2 aromatic carbocycles. The van der Waals surface area contributed by atoms with Crippen molar-refractivity contribution in [2.75, 3.05) is 13.7 Å². The van der Waals surface area contributed by atoms with Crippen LogP contribution in [0.25, 0.3) is 11.1 Å². The number of aliphatic carboxylic acids is 2. The number of benzene rings is 2. The number of ether oxygens (including phenoxy) is 1. The number of nitrogens with one attached hydrogen (secondary N) is 1. The molecular weight excluding hydrogens is 639 g/mol. The summed E-state index contributed by atoms with van der Waals surface area (Å²) in [5.41, 5.74) is -1.11. The molecule has 272 valence electrons. The van der Waals surface area contributed by atoms with Gasteiger partial charge in [-0.15, -0.1) is 0 Å². The summed E-state index contributed by atoms with van der Waals surface area (Å²) in [6.07, 6.45) is 9.03. The number of halogens is 3. The lowest BCUT2D eigenvalue weighted by molar-refractivity contribution is -0.168. The van der Waals surface area contributed by atoms with Crippen LogP contribution in [0.5, 0.6) is 0 Å². The Morgan fingerprint density at radius 2 is 1.49 bits per heavy atom. The molecule has 0 unspecified atom stereocenters. The first-order valence-corrected chi connectivity index (χ1v) is 17.2. The first-order valence-electron chi connectivity index (χ1n) is 17.2. The van der Waals surface area contributed by atoms with Gasteiger partial charge < -0.3 is 25.4 Å². The highest BCUT2D eigenvalue weighted by atomic mass is 19.3. The minimum Gasteiger partial charge on any atom is -0.480 e. The highest BCUT2D eigenvalue weighted by Crippen LogP contribution is 2.29. The first-order chi connectivity index (χ1) is 23.3. The zero-order valence-corrected chi connectivity index (χ0v) is 28.6. The number of rotatable bonds is 25. The van der Waals surface area contributed by atoms with E-state index in [0.717, 1.165) is 25.7 Å². The number of methoxy groups -OCH3 is 1. The van der Waals surface area contributed by atoms with Crippen LogP contribution in [0, 0.1) is 11.7 Å². The van der Waals surface area contributed by atoms with Gasteiger partial charge in [0.1, 0.15) is 11.9 Å². The summed E-state index contributed by atoms with van der Waals surface area (Å²) < 4.78 is 47.5. The number of carbonyl (C=O) groups is 3. The lowest BCUT2D eigenvalue weighted by atomic mass is 9.83. The smallest absolute Gasteiger partial charge is 0.336 e. The molecule has 0 aliphatic rings. The predicted molar refractivity (Wildman–Crippen MR) is 183 cm³/mol. The minimum absolute atomic E-state index is 0.0943. The Bertz CT molecular complexity index is 1330. The molecule has 0 heterocycles. The molecule has 4 N–H and O–H groups in total. The maximum Gasteiger partial charge on any atom is 0.336 e. The van der Waals surface area contributed by atoms with E-state index in [2.05, 4.69) is 12.2 Å². The van der Waals surface area contributed by atoms with Crippen LogP contribution in [0.2, 0.25) is 0 Å². The molecule has 0 aliphatic heterocycles. The third-order valence-corrected chi connectivity index (χ3v) is 8.69. The molecule has 0 aliphatic carbocycles. The van der Waals surface area contributed by atoms with Gasteiger partial charge in [0.2, 0.25) is 11.8 Å². The highest BCUT2D eigenvalue weighted by molar-refractivity contribution is 5.92. The molecule has 2 rings (SSSR count). The molecule has 3 atom stereocenters. The molecule has 11 heteroatoms. The van der Waals surface area contributed by atoms with Crippen LogP contribution in [0.15, 0.2) is 60.7 Å². The number of alkyl halides is 2. The van der Waals surface area contributed by atoms with Crippen LogP contribution < -0.4 is 5.32 Å². The van der Waals surface area contributed by atoms with E-state index in [0.29, 0.717) is 55.2 Å². The van der Waals surface area contributed by atoms with Crippen molar-refractivity contribution in [2.24, 2.45) is 5.92 Å². The van der Waals surface area contributed by atoms with Crippen molar-refractivity contribution in [3.63, 3.8) is 0 Å². The predicted octanol–water partition coefficient (Wildman–Crippen LogP) is 7.97. The molecule has 49 heavy (non-hydrogen) atoms. The maximum atomic E-state index is 14.2. The van der Waals surface area contributed by atoms with Gasteiger partial charge in [0, 0.05) is 45.0 Å². The number of carboxylic acid groups (broad SMARTS) is 2. The van der Waals surface area contributed by atoms with Crippen LogP contribution in [0.3, 0.4) is 0 Å². The van der Waals surface area contributed by atoms with E-state index in [-0.39, 0.29) is 25.9 Å². The van der Waals surface area contributed by atoms with Gasteiger partial charge in [-0.25, -0.2) is 22.8 Å². The molecule has 0 aromatic heterocycles. The lowest BCUT2D eigenvalue weighted by Crippen LogP contribution is -2.55. The summed E-state index contributed by atoms with van der Waals surface area (Å²) in [6.45, 7) is 1.90. The topological polar surface area (TPSA) is 133 Å². The van der Waals surface area contributed by atoms with Gasteiger partial charge in [-0.1, -0.05) is 100 Å². The van der Waals surface area contributed by atoms with Gasteiger partial charge >= 0.3 is 11.9 Å². The first kappa shape index (κ1) is 41.5. The fraction of sp³-hybridized carbons (Fsp3) is 0.553. The van der Waals surface area contributed by atoms with Gasteiger partial charge in [-0.3, -0.25) is 4.79 Å². The second-order valence-corrected chi connectivity index (χ2v) is 12.6. The molecule has 2 aromatic rings. The molecule has 0 radical (unpaired) electrons. The highest BCUT2D eigenvalue weighted by Gasteiger charge is 2.47. The molecule has 0 fully saturated rings. The summed E-state index contributed by atoms with van der Waals surface area (Å²) in [5, 5.41) is 33.4. The normalized spacial score (nSPS) is 14.3. The minimum atomic E-state index is -2.67. The Labute approximate surface area is 287 Å². The van der Waals surface area contributed by atoms with Gasteiger partial charge in [0.15, 0.2) is 5.60 Å². The van der Waals surface area contributed by atoms with Crippen molar-refractivity contribution in [3.05, 3.63) is 72.1 Å². The summed E-state index contributed by atoms with van der Waals surface area (Å²) in [4.78, 5) is 37.9. The quantitative estimate of drug-likeness (QED) is 0.0613. The fourth-order valence-corrected chi connectivity index (χ4v) is 5.67. The van der Waals surface area contributed by atoms with Gasteiger partial charge in [0.05, 0.1) is 5.92 Å². The summed E-state index contributed by atoms with van der Waals surface area (Å²) in [6, 6.07) is 11.2. The number of unbranched alkanes of at least 4 members (excludes halogenated alkanes) is 8. The number of aliphatic hydroxyl groups is 1. The third kappa shape index (κ3) is 14.4. The van der Waals surface area contributed by atoms with E-state index in [9.17, 15) is 42.9 Å². The van der Waals surface area contributed by atoms with E-state index in [4.69, 9.17) is 4.74 Å². The van der Waals surface area contributed by atoms with Crippen LogP contribution in [-0.2, 0) is 25.5 Å². The van der Waals surface area contributed by atoms with Gasteiger partial charge in [0.25, 0.3) is 0 Å². The molecule has 8 nitrogen and oxygen atoms in total. The summed E-state index contributed by atoms with van der Waals surface area (Å²) in [5.74, 6) is -8.77. The van der Waals surface area contributed by atoms with Crippen molar-refractivity contribution in [1.82, 2.24) is 5.32 Å². The zero-order chi connectivity index (χ0) is 36.3. The van der Waals surface area contributed by atoms with Crippen LogP contribution >= 0.6 is 0 Å². The summed E-state index contributed by atoms with van der Waals surface area (Å²) >= 11 is 0. The largest absolute Gasteiger partial charge is 0.480 e. The second kappa shape index (κ2) is 21.4. The molecule has 1 amide bonds. The second-order valence-electron chi connectivity index (χ2n) is 12.6. The average Bonchev–Trinajstić information content (AvgIpc) is 3.06. The van der Waals surface area contributed by atoms with E-state index in [1.165, 1.54) is 19.3 Å². The van der Waals surface area contributed by atoms with Crippen LogP contribution in [0.1, 0.15) is 96.0 Å². The monoisotopic (exact) mass is 691 g/mol. The van der Waals surface area contributed by atoms with Crippen LogP contribution in [0.4, 0.5) is 13.2 Å². The van der Waals surface area contributed by atoms with E-state index in [1.807, 2.05) is 0 Å². The Kier molecular flexibility index (Phi) is 18.1. The van der Waals surface area contributed by atoms with E-state index in [1.54, 1.807) is 48.5 Å². The fourth-order valence-electron chi connectivity index (χ4n) is 5.67. The number of allylic oxidation sites excluding steroid dienone is 1. The molecule has 0 spiro atoms. The Hall–Kier alpha value is -3.70.